The summed E-state index contributed by atoms with van der Waals surface area (Å²) < 4.78 is 16.9. The Morgan fingerprint density at radius 2 is 1.90 bits per heavy atom. The summed E-state index contributed by atoms with van der Waals surface area (Å²) in [5.41, 5.74) is 14.5. The van der Waals surface area contributed by atoms with Gasteiger partial charge in [0.25, 0.3) is 0 Å². The third kappa shape index (κ3) is 3.22. The Hall–Kier alpha value is -2.80. The number of aromatic nitrogens is 5. The number of rotatable bonds is 3. The van der Waals surface area contributed by atoms with Gasteiger partial charge in [-0.05, 0) is 56.6 Å². The quantitative estimate of drug-likeness (QED) is 0.481. The first-order valence-corrected chi connectivity index (χ1v) is 11.1. The number of halogens is 1. The van der Waals surface area contributed by atoms with Gasteiger partial charge in [-0.25, -0.2) is 18.9 Å². The smallest absolute Gasteiger partial charge is 0.158 e. The van der Waals surface area contributed by atoms with Gasteiger partial charge in [-0.1, -0.05) is 13.8 Å². The monoisotopic (exact) mass is 420 g/mol. The lowest BCUT2D eigenvalue weighted by Crippen LogP contribution is -2.26. The summed E-state index contributed by atoms with van der Waals surface area (Å²) in [5, 5.41) is 4.34. The Labute approximate surface area is 181 Å². The molecule has 5 rings (SSSR count). The van der Waals surface area contributed by atoms with Gasteiger partial charge in [0.2, 0.25) is 0 Å². The molecule has 1 aliphatic carbocycles. The molecule has 0 atom stereocenters. The summed E-state index contributed by atoms with van der Waals surface area (Å²) in [4.78, 5) is 12.8. The highest BCUT2D eigenvalue weighted by Crippen LogP contribution is 2.39. The summed E-state index contributed by atoms with van der Waals surface area (Å²) in [6, 6.07) is 1.85. The van der Waals surface area contributed by atoms with Gasteiger partial charge in [0, 0.05) is 35.3 Å². The highest BCUT2D eigenvalue weighted by Gasteiger charge is 2.27. The molecule has 162 valence electrons. The van der Waals surface area contributed by atoms with Gasteiger partial charge >= 0.3 is 0 Å². The molecule has 0 aliphatic heterocycles. The lowest BCUT2D eigenvalue weighted by atomic mass is 9.84. The summed E-state index contributed by atoms with van der Waals surface area (Å²) in [5.74, 6) is 0.134. The van der Waals surface area contributed by atoms with Crippen LogP contribution in [0.2, 0.25) is 0 Å². The van der Waals surface area contributed by atoms with Crippen LogP contribution in [0.5, 0.6) is 0 Å². The normalized spacial score (nSPS) is 19.7. The lowest BCUT2D eigenvalue weighted by Gasteiger charge is -2.26. The van der Waals surface area contributed by atoms with Gasteiger partial charge in [-0.15, -0.1) is 0 Å². The van der Waals surface area contributed by atoms with E-state index in [0.29, 0.717) is 5.69 Å². The number of nitrogens with zero attached hydrogens (tertiary/aromatic N) is 4. The molecule has 1 fully saturated rings. The van der Waals surface area contributed by atoms with Gasteiger partial charge in [0.15, 0.2) is 5.65 Å². The van der Waals surface area contributed by atoms with Crippen molar-refractivity contribution in [2.75, 3.05) is 0 Å². The predicted octanol–water partition coefficient (Wildman–Crippen LogP) is 5.14. The Balaban J connectivity index is 1.71. The highest BCUT2D eigenvalue weighted by molar-refractivity contribution is 5.89. The van der Waals surface area contributed by atoms with E-state index in [4.69, 9.17) is 10.7 Å². The molecule has 7 heteroatoms. The van der Waals surface area contributed by atoms with Crippen LogP contribution in [0.1, 0.15) is 73.8 Å². The van der Waals surface area contributed by atoms with Crippen LogP contribution in [0.3, 0.4) is 0 Å². The van der Waals surface area contributed by atoms with E-state index in [1.807, 2.05) is 6.20 Å². The Bertz CT molecular complexity index is 1280. The molecule has 0 radical (unpaired) electrons. The number of nitrogens with two attached hydrogens (primary N) is 1. The lowest BCUT2D eigenvalue weighted by molar-refractivity contribution is 0.381. The minimum absolute atomic E-state index is 0.137. The van der Waals surface area contributed by atoms with Crippen LogP contribution in [0.15, 0.2) is 18.6 Å². The number of nitrogens with one attached hydrogen (secondary N) is 1. The molecule has 6 nitrogen and oxygen atoms in total. The molecule has 0 bridgehead atoms. The van der Waals surface area contributed by atoms with Crippen LogP contribution < -0.4 is 5.73 Å². The number of hydrogen-bond acceptors (Lipinski definition) is 4. The van der Waals surface area contributed by atoms with Gasteiger partial charge in [0.05, 0.1) is 22.4 Å². The number of H-pyrrole nitrogens is 1. The molecule has 0 aromatic carbocycles. The van der Waals surface area contributed by atoms with E-state index in [1.54, 1.807) is 16.9 Å². The summed E-state index contributed by atoms with van der Waals surface area (Å²) in [7, 11) is 0. The maximum absolute atomic E-state index is 15.1. The van der Waals surface area contributed by atoms with Crippen molar-refractivity contribution in [3.63, 3.8) is 0 Å². The van der Waals surface area contributed by atoms with E-state index < -0.39 is 0 Å². The first kappa shape index (κ1) is 20.1. The molecule has 0 saturated heterocycles. The zero-order chi connectivity index (χ0) is 21.9. The average molecular weight is 421 g/mol. The second-order valence-electron chi connectivity index (χ2n) is 9.25. The molecule has 4 heterocycles. The standard InChI is InChI=1S/C24H29FN6/c1-12(2)20-22(17-10-31-24(27-11-28-31)14(4)13(17)3)29-19-9-18(25)21(30-23(19)20)15-5-7-16(26)8-6-15/h9-12,15-16,29H,5-8,26H2,1-4H3. The Morgan fingerprint density at radius 1 is 1.16 bits per heavy atom. The highest BCUT2D eigenvalue weighted by atomic mass is 19.1. The van der Waals surface area contributed by atoms with Crippen molar-refractivity contribution in [3.8, 4) is 11.3 Å². The van der Waals surface area contributed by atoms with Crippen molar-refractivity contribution >= 4 is 16.7 Å². The maximum atomic E-state index is 15.1. The molecule has 3 N–H and O–H groups in total. The second kappa shape index (κ2) is 7.41. The summed E-state index contributed by atoms with van der Waals surface area (Å²) in [6.07, 6.45) is 7.21. The average Bonchev–Trinajstić information content (AvgIpc) is 3.35. The van der Waals surface area contributed by atoms with Gasteiger partial charge in [-0.3, -0.25) is 0 Å². The number of aryl methyl sites for hydroxylation is 1. The third-order valence-electron chi connectivity index (χ3n) is 6.92. The topological polar surface area (TPSA) is 84.9 Å². The van der Waals surface area contributed by atoms with Crippen molar-refractivity contribution in [3.05, 3.63) is 46.8 Å². The molecule has 0 amide bonds. The molecule has 1 aliphatic rings. The Morgan fingerprint density at radius 3 is 2.61 bits per heavy atom. The maximum Gasteiger partial charge on any atom is 0.158 e. The largest absolute Gasteiger partial charge is 0.353 e. The second-order valence-corrected chi connectivity index (χ2v) is 9.25. The molecule has 4 aromatic heterocycles. The van der Waals surface area contributed by atoms with Crippen LogP contribution >= 0.6 is 0 Å². The first-order valence-electron chi connectivity index (χ1n) is 11.1. The molecule has 4 aromatic rings. The SMILES string of the molecule is Cc1c(-c2[nH]c3cc(F)c(C4CCC(N)CC4)nc3c2C(C)C)cn2ncnc2c1C. The minimum Gasteiger partial charge on any atom is -0.353 e. The van der Waals surface area contributed by atoms with E-state index in [1.165, 1.54) is 0 Å². The number of aromatic amines is 1. The summed E-state index contributed by atoms with van der Waals surface area (Å²) >= 11 is 0. The van der Waals surface area contributed by atoms with E-state index in [-0.39, 0.29) is 23.7 Å². The van der Waals surface area contributed by atoms with Crippen LogP contribution in [0.25, 0.3) is 27.9 Å². The van der Waals surface area contributed by atoms with E-state index >= 15 is 4.39 Å². The fourth-order valence-corrected chi connectivity index (χ4v) is 5.03. The van der Waals surface area contributed by atoms with Crippen molar-refractivity contribution < 1.29 is 4.39 Å². The molecule has 0 unspecified atom stereocenters. The molecule has 31 heavy (non-hydrogen) atoms. The van der Waals surface area contributed by atoms with Gasteiger partial charge < -0.3 is 10.7 Å². The number of pyridine rings is 2. The van der Waals surface area contributed by atoms with Crippen LogP contribution in [0.4, 0.5) is 4.39 Å². The van der Waals surface area contributed by atoms with Crippen LogP contribution in [0, 0.1) is 19.7 Å². The fraction of sp³-hybridized carbons (Fsp3) is 0.458. The van der Waals surface area contributed by atoms with Crippen LogP contribution in [-0.2, 0) is 0 Å². The van der Waals surface area contributed by atoms with Crippen molar-refractivity contribution in [1.82, 2.24) is 24.6 Å². The minimum atomic E-state index is -0.226. The molecular weight excluding hydrogens is 391 g/mol. The van der Waals surface area contributed by atoms with Crippen molar-refractivity contribution in [1.29, 1.82) is 0 Å². The number of hydrogen-bond donors (Lipinski definition) is 2. The Kier molecular flexibility index (Phi) is 4.81. The zero-order valence-corrected chi connectivity index (χ0v) is 18.5. The molecular formula is C24H29FN6. The molecule has 1 saturated carbocycles. The van der Waals surface area contributed by atoms with E-state index in [0.717, 1.165) is 70.3 Å². The van der Waals surface area contributed by atoms with Crippen LogP contribution in [-0.4, -0.2) is 30.6 Å². The first-order chi connectivity index (χ1) is 14.8. The summed E-state index contributed by atoms with van der Waals surface area (Å²) in [6.45, 7) is 8.48. The van der Waals surface area contributed by atoms with E-state index in [2.05, 4.69) is 42.8 Å². The van der Waals surface area contributed by atoms with Crippen molar-refractivity contribution in [2.45, 2.75) is 71.3 Å². The van der Waals surface area contributed by atoms with Gasteiger partial charge in [-0.2, -0.15) is 5.10 Å². The number of fused-ring (bicyclic) bond motifs is 2. The fourth-order valence-electron chi connectivity index (χ4n) is 5.03. The third-order valence-corrected chi connectivity index (χ3v) is 6.92. The van der Waals surface area contributed by atoms with E-state index in [9.17, 15) is 0 Å². The van der Waals surface area contributed by atoms with Gasteiger partial charge in [0.1, 0.15) is 12.1 Å². The van der Waals surface area contributed by atoms with Crippen molar-refractivity contribution in [2.24, 2.45) is 5.73 Å². The predicted molar refractivity (Wildman–Crippen MR) is 121 cm³/mol. The zero-order valence-electron chi connectivity index (χ0n) is 18.5. The molecule has 0 spiro atoms.